The summed E-state index contributed by atoms with van der Waals surface area (Å²) in [5.74, 6) is -0.508. The first-order valence-electron chi connectivity index (χ1n) is 6.48. The zero-order valence-electron chi connectivity index (χ0n) is 12.0. The summed E-state index contributed by atoms with van der Waals surface area (Å²) < 4.78 is 23.8. The van der Waals surface area contributed by atoms with Crippen LogP contribution in [-0.2, 0) is 9.47 Å². The van der Waals surface area contributed by atoms with E-state index in [0.717, 1.165) is 0 Å². The number of rotatable bonds is 2. The van der Waals surface area contributed by atoms with Crippen LogP contribution < -0.4 is 10.6 Å². The second-order valence-corrected chi connectivity index (χ2v) is 5.64. The third-order valence-electron chi connectivity index (χ3n) is 2.67. The molecule has 1 unspecified atom stereocenters. The third kappa shape index (κ3) is 4.08. The van der Waals surface area contributed by atoms with Gasteiger partial charge in [0.2, 0.25) is 0 Å². The molecule has 0 radical (unpaired) electrons. The number of carbonyl (C=O) groups is 2. The van der Waals surface area contributed by atoms with E-state index in [1.165, 1.54) is 18.2 Å². The Bertz CT molecular complexity index is 569. The van der Waals surface area contributed by atoms with E-state index in [1.54, 1.807) is 20.8 Å². The van der Waals surface area contributed by atoms with Crippen molar-refractivity contribution < 1.29 is 23.5 Å². The maximum absolute atomic E-state index is 13.8. The molecule has 0 aromatic heterocycles. The summed E-state index contributed by atoms with van der Waals surface area (Å²) in [7, 11) is 0. The zero-order valence-corrected chi connectivity index (χ0v) is 12.0. The van der Waals surface area contributed by atoms with Crippen molar-refractivity contribution >= 4 is 17.9 Å². The summed E-state index contributed by atoms with van der Waals surface area (Å²) in [6.07, 6.45) is -1.94. The second kappa shape index (κ2) is 5.59. The van der Waals surface area contributed by atoms with Crippen LogP contribution in [-0.4, -0.2) is 24.3 Å². The lowest BCUT2D eigenvalue weighted by molar-refractivity contribution is 0.0635. The summed E-state index contributed by atoms with van der Waals surface area (Å²) >= 11 is 0. The smallest absolute Gasteiger partial charge is 0.412 e. The molecule has 2 amide bonds. The molecule has 0 bridgehead atoms. The number of cyclic esters (lactones) is 1. The molecule has 114 valence electrons. The van der Waals surface area contributed by atoms with Crippen LogP contribution in [0.25, 0.3) is 0 Å². The van der Waals surface area contributed by atoms with Crippen molar-refractivity contribution in [3.05, 3.63) is 29.6 Å². The van der Waals surface area contributed by atoms with Crippen LogP contribution >= 0.6 is 0 Å². The van der Waals surface area contributed by atoms with Crippen molar-refractivity contribution in [3.63, 3.8) is 0 Å². The largest absolute Gasteiger partial charge is 0.444 e. The SMILES string of the molecule is CC(C)(C)OC(=O)Nc1ccc(F)c(C2CNC(=O)O2)c1. The molecular formula is C14H17FN2O4. The fourth-order valence-electron chi connectivity index (χ4n) is 1.85. The Labute approximate surface area is 121 Å². The van der Waals surface area contributed by atoms with Crippen molar-refractivity contribution in [2.75, 3.05) is 11.9 Å². The number of nitrogens with one attached hydrogen (secondary N) is 2. The van der Waals surface area contributed by atoms with Crippen LogP contribution in [0.15, 0.2) is 18.2 Å². The molecule has 2 N–H and O–H groups in total. The summed E-state index contributed by atoms with van der Waals surface area (Å²) in [6, 6.07) is 4.03. The van der Waals surface area contributed by atoms with Gasteiger partial charge in [0.05, 0.1) is 6.54 Å². The molecule has 6 nitrogen and oxygen atoms in total. The molecule has 1 fully saturated rings. The summed E-state index contributed by atoms with van der Waals surface area (Å²) in [5.41, 5.74) is -0.0665. The van der Waals surface area contributed by atoms with Crippen molar-refractivity contribution in [1.82, 2.24) is 5.32 Å². The summed E-state index contributed by atoms with van der Waals surface area (Å²) in [6.45, 7) is 5.41. The number of halogens is 1. The number of amides is 2. The lowest BCUT2D eigenvalue weighted by Gasteiger charge is -2.20. The Morgan fingerprint density at radius 1 is 1.48 bits per heavy atom. The minimum absolute atomic E-state index is 0.186. The molecule has 1 aliphatic rings. The molecule has 1 aromatic carbocycles. The fraction of sp³-hybridized carbons (Fsp3) is 0.429. The molecule has 21 heavy (non-hydrogen) atoms. The van der Waals surface area contributed by atoms with Gasteiger partial charge in [0.15, 0.2) is 0 Å². The van der Waals surface area contributed by atoms with Crippen LogP contribution in [0, 0.1) is 5.82 Å². The molecule has 7 heteroatoms. The van der Waals surface area contributed by atoms with Gasteiger partial charge >= 0.3 is 12.2 Å². The van der Waals surface area contributed by atoms with Gasteiger partial charge in [0.25, 0.3) is 0 Å². The van der Waals surface area contributed by atoms with Gasteiger partial charge in [0, 0.05) is 11.3 Å². The van der Waals surface area contributed by atoms with Crippen LogP contribution in [0.4, 0.5) is 19.7 Å². The van der Waals surface area contributed by atoms with Gasteiger partial charge in [-0.3, -0.25) is 5.32 Å². The monoisotopic (exact) mass is 296 g/mol. The highest BCUT2D eigenvalue weighted by atomic mass is 19.1. The molecule has 1 aliphatic heterocycles. The summed E-state index contributed by atoms with van der Waals surface area (Å²) in [4.78, 5) is 22.7. The standard InChI is InChI=1S/C14H17FN2O4/c1-14(2,3)21-13(19)17-8-4-5-10(15)9(6-8)11-7-16-12(18)20-11/h4-6,11H,7H2,1-3H3,(H,16,18)(H,17,19). The van der Waals surface area contributed by atoms with Crippen LogP contribution in [0.5, 0.6) is 0 Å². The summed E-state index contributed by atoms with van der Waals surface area (Å²) in [5, 5.41) is 4.96. The van der Waals surface area contributed by atoms with Gasteiger partial charge in [-0.1, -0.05) is 0 Å². The van der Waals surface area contributed by atoms with Crippen LogP contribution in [0.2, 0.25) is 0 Å². The van der Waals surface area contributed by atoms with Gasteiger partial charge in [-0.2, -0.15) is 0 Å². The molecule has 1 saturated heterocycles. The van der Waals surface area contributed by atoms with E-state index in [2.05, 4.69) is 10.6 Å². The lowest BCUT2D eigenvalue weighted by Crippen LogP contribution is -2.27. The minimum Gasteiger partial charge on any atom is -0.444 e. The van der Waals surface area contributed by atoms with Crippen molar-refractivity contribution in [2.24, 2.45) is 0 Å². The number of alkyl carbamates (subject to hydrolysis) is 1. The predicted octanol–water partition coefficient (Wildman–Crippen LogP) is 2.95. The van der Waals surface area contributed by atoms with Gasteiger partial charge < -0.3 is 14.8 Å². The van der Waals surface area contributed by atoms with E-state index in [4.69, 9.17) is 9.47 Å². The average molecular weight is 296 g/mol. The zero-order chi connectivity index (χ0) is 15.6. The topological polar surface area (TPSA) is 76.7 Å². The Kier molecular flexibility index (Phi) is 4.02. The molecular weight excluding hydrogens is 279 g/mol. The van der Waals surface area contributed by atoms with Gasteiger partial charge in [-0.25, -0.2) is 14.0 Å². The minimum atomic E-state index is -0.710. The Balaban J connectivity index is 2.11. The second-order valence-electron chi connectivity index (χ2n) is 5.64. The van der Waals surface area contributed by atoms with Crippen molar-refractivity contribution in [1.29, 1.82) is 0 Å². The van der Waals surface area contributed by atoms with Crippen LogP contribution in [0.3, 0.4) is 0 Å². The Morgan fingerprint density at radius 3 is 2.76 bits per heavy atom. The maximum atomic E-state index is 13.8. The highest BCUT2D eigenvalue weighted by Crippen LogP contribution is 2.26. The molecule has 1 atom stereocenters. The number of carbonyl (C=O) groups excluding carboxylic acids is 2. The lowest BCUT2D eigenvalue weighted by atomic mass is 10.1. The number of hydrogen-bond acceptors (Lipinski definition) is 4. The first kappa shape index (κ1) is 15.1. The van der Waals surface area contributed by atoms with E-state index in [-0.39, 0.29) is 12.1 Å². The van der Waals surface area contributed by atoms with E-state index in [9.17, 15) is 14.0 Å². The number of benzene rings is 1. The number of hydrogen-bond donors (Lipinski definition) is 2. The van der Waals surface area contributed by atoms with Gasteiger partial charge in [-0.05, 0) is 39.0 Å². The molecule has 0 spiro atoms. The van der Waals surface area contributed by atoms with Crippen LogP contribution in [0.1, 0.15) is 32.4 Å². The van der Waals surface area contributed by atoms with E-state index >= 15 is 0 Å². The first-order valence-corrected chi connectivity index (χ1v) is 6.48. The molecule has 0 saturated carbocycles. The first-order chi connectivity index (χ1) is 9.74. The normalized spacial score (nSPS) is 17.9. The quantitative estimate of drug-likeness (QED) is 0.879. The van der Waals surface area contributed by atoms with Gasteiger partial charge in [-0.15, -0.1) is 0 Å². The number of anilines is 1. The Morgan fingerprint density at radius 2 is 2.19 bits per heavy atom. The Hall–Kier alpha value is -2.31. The highest BCUT2D eigenvalue weighted by Gasteiger charge is 2.27. The third-order valence-corrected chi connectivity index (χ3v) is 2.67. The fourth-order valence-corrected chi connectivity index (χ4v) is 1.85. The van der Waals surface area contributed by atoms with Crippen molar-refractivity contribution in [3.8, 4) is 0 Å². The number of ether oxygens (including phenoxy) is 2. The predicted molar refractivity (Wildman–Crippen MR) is 73.5 cm³/mol. The van der Waals surface area contributed by atoms with E-state index < -0.39 is 29.7 Å². The van der Waals surface area contributed by atoms with E-state index in [0.29, 0.717) is 5.69 Å². The highest BCUT2D eigenvalue weighted by molar-refractivity contribution is 5.85. The maximum Gasteiger partial charge on any atom is 0.412 e. The molecule has 1 heterocycles. The van der Waals surface area contributed by atoms with Gasteiger partial charge in [0.1, 0.15) is 17.5 Å². The molecule has 1 aromatic rings. The van der Waals surface area contributed by atoms with Crippen molar-refractivity contribution in [2.45, 2.75) is 32.5 Å². The molecule has 2 rings (SSSR count). The average Bonchev–Trinajstić information content (AvgIpc) is 2.76. The van der Waals surface area contributed by atoms with E-state index in [1.807, 2.05) is 0 Å². The molecule has 0 aliphatic carbocycles.